The Balaban J connectivity index is 1.98. The van der Waals surface area contributed by atoms with Gasteiger partial charge in [0.25, 0.3) is 5.91 Å². The Labute approximate surface area is 122 Å². The molecule has 21 heavy (non-hydrogen) atoms. The molecule has 1 heterocycles. The maximum absolute atomic E-state index is 12.0. The maximum Gasteiger partial charge on any atom is 0.327 e. The van der Waals surface area contributed by atoms with E-state index >= 15 is 0 Å². The van der Waals surface area contributed by atoms with Gasteiger partial charge in [-0.3, -0.25) is 19.3 Å². The van der Waals surface area contributed by atoms with Crippen LogP contribution in [0.15, 0.2) is 0 Å². The lowest BCUT2D eigenvalue weighted by atomic mass is 9.85. The molecule has 116 valence electrons. The van der Waals surface area contributed by atoms with Crippen LogP contribution in [-0.2, 0) is 14.4 Å². The van der Waals surface area contributed by atoms with Crippen molar-refractivity contribution < 1.29 is 24.3 Å². The molecule has 2 unspecified atom stereocenters. The Bertz CT molecular complexity index is 506. The molecule has 2 atom stereocenters. The number of imide groups is 1. The number of carbonyl (C=O) groups excluding carboxylic acids is 3. The van der Waals surface area contributed by atoms with E-state index in [0.29, 0.717) is 12.8 Å². The molecule has 0 aromatic heterocycles. The van der Waals surface area contributed by atoms with Gasteiger partial charge >= 0.3 is 12.0 Å². The van der Waals surface area contributed by atoms with Gasteiger partial charge in [0.2, 0.25) is 5.91 Å². The average Bonchev–Trinajstić information content (AvgIpc) is 2.87. The van der Waals surface area contributed by atoms with Crippen molar-refractivity contribution in [1.82, 2.24) is 15.1 Å². The highest BCUT2D eigenvalue weighted by Gasteiger charge is 2.46. The van der Waals surface area contributed by atoms with Crippen molar-refractivity contribution in [3.05, 3.63) is 0 Å². The second-order valence-corrected chi connectivity index (χ2v) is 5.85. The molecule has 0 bridgehead atoms. The molecular formula is C13H19N3O5. The lowest BCUT2D eigenvalue weighted by Gasteiger charge is -2.28. The first-order chi connectivity index (χ1) is 9.75. The van der Waals surface area contributed by atoms with E-state index in [-0.39, 0.29) is 13.1 Å². The van der Waals surface area contributed by atoms with Gasteiger partial charge < -0.3 is 15.3 Å². The third kappa shape index (κ3) is 2.70. The molecule has 8 heteroatoms. The fourth-order valence-corrected chi connectivity index (χ4v) is 2.86. The molecule has 2 aliphatic rings. The van der Waals surface area contributed by atoms with Crippen molar-refractivity contribution >= 4 is 23.8 Å². The van der Waals surface area contributed by atoms with Crippen LogP contribution >= 0.6 is 0 Å². The molecule has 2 rings (SSSR count). The predicted molar refractivity (Wildman–Crippen MR) is 71.3 cm³/mol. The van der Waals surface area contributed by atoms with Crippen LogP contribution in [0, 0.1) is 5.41 Å². The van der Waals surface area contributed by atoms with E-state index in [1.54, 1.807) is 6.92 Å². The lowest BCUT2D eigenvalue weighted by Crippen LogP contribution is -2.50. The minimum atomic E-state index is -0.995. The number of carboxylic acids is 1. The fraction of sp³-hybridized carbons (Fsp3) is 0.692. The summed E-state index contributed by atoms with van der Waals surface area (Å²) in [6.45, 7) is 1.20. The van der Waals surface area contributed by atoms with Crippen molar-refractivity contribution in [2.24, 2.45) is 5.41 Å². The molecule has 1 aliphatic carbocycles. The summed E-state index contributed by atoms with van der Waals surface area (Å²) in [5.74, 6) is -1.88. The zero-order valence-electron chi connectivity index (χ0n) is 12.1. The molecule has 1 saturated carbocycles. The highest BCUT2D eigenvalue weighted by molar-refractivity contribution is 6.04. The number of likely N-dealkylation sites (N-methyl/N-ethyl adjacent to an activating group) is 1. The molecule has 0 aromatic rings. The fourth-order valence-electron chi connectivity index (χ4n) is 2.86. The van der Waals surface area contributed by atoms with Crippen LogP contribution in [0.3, 0.4) is 0 Å². The Morgan fingerprint density at radius 1 is 1.43 bits per heavy atom. The summed E-state index contributed by atoms with van der Waals surface area (Å²) in [5.41, 5.74) is -0.995. The first-order valence-corrected chi connectivity index (χ1v) is 6.84. The number of hydrogen-bond acceptors (Lipinski definition) is 4. The van der Waals surface area contributed by atoms with Gasteiger partial charge in [-0.1, -0.05) is 6.42 Å². The smallest absolute Gasteiger partial charge is 0.327 e. The molecule has 0 aromatic carbocycles. The summed E-state index contributed by atoms with van der Waals surface area (Å²) < 4.78 is 0. The van der Waals surface area contributed by atoms with Gasteiger partial charge in [0.15, 0.2) is 0 Å². The minimum Gasteiger partial charge on any atom is -0.481 e. The summed E-state index contributed by atoms with van der Waals surface area (Å²) in [4.78, 5) is 48.7. The summed E-state index contributed by atoms with van der Waals surface area (Å²) in [6, 6.07) is -0.990. The van der Waals surface area contributed by atoms with Gasteiger partial charge in [0.05, 0.1) is 5.41 Å². The van der Waals surface area contributed by atoms with Gasteiger partial charge in [0.1, 0.15) is 13.1 Å². The van der Waals surface area contributed by atoms with E-state index < -0.39 is 35.3 Å². The normalized spacial score (nSPS) is 29.1. The molecule has 8 nitrogen and oxygen atoms in total. The van der Waals surface area contributed by atoms with E-state index in [2.05, 4.69) is 5.32 Å². The van der Waals surface area contributed by atoms with Gasteiger partial charge in [-0.05, 0) is 19.8 Å². The monoisotopic (exact) mass is 297 g/mol. The van der Waals surface area contributed by atoms with Crippen molar-refractivity contribution in [3.8, 4) is 0 Å². The predicted octanol–water partition coefficient (Wildman–Crippen LogP) is -0.360. The molecule has 1 aliphatic heterocycles. The van der Waals surface area contributed by atoms with Crippen molar-refractivity contribution in [2.45, 2.75) is 32.2 Å². The molecule has 2 fully saturated rings. The zero-order chi connectivity index (χ0) is 15.8. The molecule has 4 amide bonds. The zero-order valence-corrected chi connectivity index (χ0v) is 12.1. The first-order valence-electron chi connectivity index (χ1n) is 6.84. The standard InChI is InChI=1S/C13H19N3O5/c1-13(11(19)20)5-3-4-8(13)14-9(17)6-16-10(18)7-15(2)12(16)21/h8H,3-7H2,1-2H3,(H,14,17)(H,19,20). The SMILES string of the molecule is CN1CC(=O)N(CC(=O)NC2CCCC2(C)C(=O)O)C1=O. The number of nitrogens with zero attached hydrogens (tertiary/aromatic N) is 2. The van der Waals surface area contributed by atoms with Crippen LogP contribution in [0.5, 0.6) is 0 Å². The average molecular weight is 297 g/mol. The number of carbonyl (C=O) groups is 4. The number of urea groups is 1. The Hall–Kier alpha value is -2.12. The van der Waals surface area contributed by atoms with E-state index in [1.807, 2.05) is 0 Å². The summed E-state index contributed by atoms with van der Waals surface area (Å²) in [5, 5.41) is 11.9. The van der Waals surface area contributed by atoms with Crippen LogP contribution in [0.4, 0.5) is 4.79 Å². The number of carboxylic acid groups (broad SMARTS) is 1. The van der Waals surface area contributed by atoms with Crippen LogP contribution in [0.2, 0.25) is 0 Å². The third-order valence-electron chi connectivity index (χ3n) is 4.31. The Kier molecular flexibility index (Phi) is 3.89. The summed E-state index contributed by atoms with van der Waals surface area (Å²) in [7, 11) is 1.48. The number of hydrogen-bond donors (Lipinski definition) is 2. The largest absolute Gasteiger partial charge is 0.481 e. The van der Waals surface area contributed by atoms with Crippen LogP contribution in [0.1, 0.15) is 26.2 Å². The van der Waals surface area contributed by atoms with Crippen molar-refractivity contribution in [1.29, 1.82) is 0 Å². The number of rotatable bonds is 4. The molecule has 0 spiro atoms. The summed E-state index contributed by atoms with van der Waals surface area (Å²) >= 11 is 0. The molecule has 0 radical (unpaired) electrons. The van der Waals surface area contributed by atoms with Gasteiger partial charge in [-0.2, -0.15) is 0 Å². The van der Waals surface area contributed by atoms with Crippen molar-refractivity contribution in [2.75, 3.05) is 20.1 Å². The Morgan fingerprint density at radius 2 is 2.10 bits per heavy atom. The van der Waals surface area contributed by atoms with E-state index in [9.17, 15) is 24.3 Å². The number of aliphatic carboxylic acids is 1. The van der Waals surface area contributed by atoms with Crippen LogP contribution in [0.25, 0.3) is 0 Å². The van der Waals surface area contributed by atoms with E-state index in [1.165, 1.54) is 11.9 Å². The Morgan fingerprint density at radius 3 is 2.62 bits per heavy atom. The topological polar surface area (TPSA) is 107 Å². The maximum atomic E-state index is 12.0. The van der Waals surface area contributed by atoms with Crippen LogP contribution in [-0.4, -0.2) is 64.9 Å². The van der Waals surface area contributed by atoms with Gasteiger partial charge in [0, 0.05) is 13.1 Å². The summed E-state index contributed by atoms with van der Waals surface area (Å²) in [6.07, 6.45) is 1.80. The van der Waals surface area contributed by atoms with E-state index in [4.69, 9.17) is 0 Å². The molecule has 2 N–H and O–H groups in total. The lowest BCUT2D eigenvalue weighted by molar-refractivity contribution is -0.149. The second kappa shape index (κ2) is 5.34. The van der Waals surface area contributed by atoms with Crippen LogP contribution < -0.4 is 5.32 Å². The first kappa shape index (κ1) is 15.3. The number of amides is 4. The van der Waals surface area contributed by atoms with Gasteiger partial charge in [-0.25, -0.2) is 4.79 Å². The highest BCUT2D eigenvalue weighted by atomic mass is 16.4. The quantitative estimate of drug-likeness (QED) is 0.689. The molecular weight excluding hydrogens is 278 g/mol. The molecule has 1 saturated heterocycles. The number of nitrogens with one attached hydrogen (secondary N) is 1. The van der Waals surface area contributed by atoms with Gasteiger partial charge in [-0.15, -0.1) is 0 Å². The second-order valence-electron chi connectivity index (χ2n) is 5.85. The van der Waals surface area contributed by atoms with E-state index in [0.717, 1.165) is 11.3 Å². The highest BCUT2D eigenvalue weighted by Crippen LogP contribution is 2.38. The minimum absolute atomic E-state index is 0.0393. The van der Waals surface area contributed by atoms with Crippen molar-refractivity contribution in [3.63, 3.8) is 0 Å². The third-order valence-corrected chi connectivity index (χ3v) is 4.31.